The molecule has 0 saturated carbocycles. The van der Waals surface area contributed by atoms with Gasteiger partial charge in [0.1, 0.15) is 11.9 Å². The van der Waals surface area contributed by atoms with Crippen LogP contribution < -0.4 is 0 Å². The third-order valence-electron chi connectivity index (χ3n) is 4.29. The summed E-state index contributed by atoms with van der Waals surface area (Å²) in [6.07, 6.45) is 3.73. The molecule has 1 fully saturated rings. The maximum absolute atomic E-state index is 5.88. The van der Waals surface area contributed by atoms with Gasteiger partial charge in [-0.25, -0.2) is 4.98 Å². The molecular weight excluding hydrogens is 288 g/mol. The van der Waals surface area contributed by atoms with E-state index in [-0.39, 0.29) is 6.10 Å². The Balaban J connectivity index is 1.54. The van der Waals surface area contributed by atoms with Crippen molar-refractivity contribution in [3.63, 3.8) is 0 Å². The van der Waals surface area contributed by atoms with E-state index in [4.69, 9.17) is 4.74 Å². The van der Waals surface area contributed by atoms with Crippen LogP contribution in [0.5, 0.6) is 0 Å². The van der Waals surface area contributed by atoms with Crippen LogP contribution in [0, 0.1) is 6.92 Å². The minimum atomic E-state index is 0.0142. The van der Waals surface area contributed by atoms with Gasteiger partial charge in [0.05, 0.1) is 12.1 Å². The fourth-order valence-electron chi connectivity index (χ4n) is 3.14. The maximum Gasteiger partial charge on any atom is 0.136 e. The lowest BCUT2D eigenvalue weighted by Crippen LogP contribution is -2.38. The summed E-state index contributed by atoms with van der Waals surface area (Å²) in [5, 5.41) is 1.19. The van der Waals surface area contributed by atoms with Crippen LogP contribution in [0.15, 0.2) is 42.7 Å². The number of nitrogens with zero attached hydrogens (tertiary/aromatic N) is 3. The third-order valence-corrected chi connectivity index (χ3v) is 4.29. The Labute approximate surface area is 135 Å². The highest BCUT2D eigenvalue weighted by Crippen LogP contribution is 2.23. The van der Waals surface area contributed by atoms with Crippen molar-refractivity contribution in [3.8, 4) is 0 Å². The topological polar surface area (TPSA) is 54.0 Å². The van der Waals surface area contributed by atoms with Gasteiger partial charge in [-0.2, -0.15) is 0 Å². The van der Waals surface area contributed by atoms with Crippen LogP contribution in [0.3, 0.4) is 0 Å². The molecule has 4 rings (SSSR count). The Bertz CT molecular complexity index is 808. The molecule has 0 unspecified atom stereocenters. The Hall–Kier alpha value is -2.24. The first kappa shape index (κ1) is 14.4. The Kier molecular flexibility index (Phi) is 3.81. The first-order valence-corrected chi connectivity index (χ1v) is 7.98. The van der Waals surface area contributed by atoms with Crippen molar-refractivity contribution < 1.29 is 4.74 Å². The molecule has 0 aliphatic carbocycles. The van der Waals surface area contributed by atoms with Crippen LogP contribution >= 0.6 is 0 Å². The quantitative estimate of drug-likeness (QED) is 0.808. The van der Waals surface area contributed by atoms with Gasteiger partial charge in [0.2, 0.25) is 0 Å². The van der Waals surface area contributed by atoms with E-state index in [9.17, 15) is 0 Å². The van der Waals surface area contributed by atoms with Crippen LogP contribution in [0.25, 0.3) is 10.9 Å². The Morgan fingerprint density at radius 1 is 1.26 bits per heavy atom. The van der Waals surface area contributed by atoms with Crippen molar-refractivity contribution in [1.29, 1.82) is 0 Å². The number of nitrogens with one attached hydrogen (secondary N) is 1. The van der Waals surface area contributed by atoms with E-state index in [1.165, 1.54) is 10.9 Å². The molecule has 1 saturated heterocycles. The van der Waals surface area contributed by atoms with Crippen LogP contribution in [0.4, 0.5) is 0 Å². The number of aromatic amines is 1. The molecule has 0 spiro atoms. The molecule has 3 heterocycles. The van der Waals surface area contributed by atoms with Crippen LogP contribution in [0.1, 0.15) is 23.2 Å². The zero-order valence-corrected chi connectivity index (χ0v) is 13.2. The molecule has 1 aliphatic rings. The second kappa shape index (κ2) is 6.10. The summed E-state index contributed by atoms with van der Waals surface area (Å²) in [4.78, 5) is 14.7. The molecule has 0 amide bonds. The molecule has 23 heavy (non-hydrogen) atoms. The van der Waals surface area contributed by atoms with Gasteiger partial charge in [-0.15, -0.1) is 0 Å². The molecule has 1 aliphatic heterocycles. The molecule has 5 nitrogen and oxygen atoms in total. The molecule has 0 radical (unpaired) electrons. The number of fused-ring (bicyclic) bond motifs is 1. The molecule has 1 atom stereocenters. The number of para-hydroxylation sites is 1. The zero-order chi connectivity index (χ0) is 15.6. The summed E-state index contributed by atoms with van der Waals surface area (Å²) in [7, 11) is 0. The lowest BCUT2D eigenvalue weighted by molar-refractivity contribution is -0.0367. The predicted molar refractivity (Wildman–Crippen MR) is 89.0 cm³/mol. The minimum absolute atomic E-state index is 0.0142. The summed E-state index contributed by atoms with van der Waals surface area (Å²) >= 11 is 0. The molecule has 3 aromatic rings. The van der Waals surface area contributed by atoms with Crippen molar-refractivity contribution in [3.05, 3.63) is 59.8 Å². The monoisotopic (exact) mass is 308 g/mol. The number of H-pyrrole nitrogens is 1. The highest BCUT2D eigenvalue weighted by atomic mass is 16.5. The fraction of sp³-hybridized carbons (Fsp3) is 0.333. The number of hydrogen-bond donors (Lipinski definition) is 1. The van der Waals surface area contributed by atoms with E-state index in [0.717, 1.165) is 43.3 Å². The summed E-state index contributed by atoms with van der Waals surface area (Å²) in [6.45, 7) is 5.39. The van der Waals surface area contributed by atoms with Gasteiger partial charge in [0.15, 0.2) is 0 Å². The summed E-state index contributed by atoms with van der Waals surface area (Å²) < 4.78 is 5.88. The van der Waals surface area contributed by atoms with Gasteiger partial charge < -0.3 is 9.72 Å². The van der Waals surface area contributed by atoms with Crippen LogP contribution in [-0.2, 0) is 11.3 Å². The van der Waals surface area contributed by atoms with Gasteiger partial charge in [0, 0.05) is 43.1 Å². The van der Waals surface area contributed by atoms with E-state index in [2.05, 4.69) is 44.1 Å². The smallest absolute Gasteiger partial charge is 0.136 e. The average molecular weight is 308 g/mol. The van der Waals surface area contributed by atoms with Gasteiger partial charge in [0.25, 0.3) is 0 Å². The molecule has 1 aromatic carbocycles. The van der Waals surface area contributed by atoms with E-state index in [1.54, 1.807) is 0 Å². The molecule has 2 aromatic heterocycles. The Morgan fingerprint density at radius 2 is 2.17 bits per heavy atom. The lowest BCUT2D eigenvalue weighted by Gasteiger charge is -2.32. The average Bonchev–Trinajstić information content (AvgIpc) is 3.02. The predicted octanol–water partition coefficient (Wildman–Crippen LogP) is 2.84. The second-order valence-electron chi connectivity index (χ2n) is 6.04. The number of aromatic nitrogens is 3. The largest absolute Gasteiger partial charge is 0.368 e. The van der Waals surface area contributed by atoms with Crippen molar-refractivity contribution in [1.82, 2.24) is 19.9 Å². The Morgan fingerprint density at radius 3 is 3.04 bits per heavy atom. The third kappa shape index (κ3) is 2.98. The van der Waals surface area contributed by atoms with Crippen molar-refractivity contribution >= 4 is 10.9 Å². The summed E-state index contributed by atoms with van der Waals surface area (Å²) in [6, 6.07) is 10.5. The van der Waals surface area contributed by atoms with Crippen molar-refractivity contribution in [2.45, 2.75) is 19.6 Å². The van der Waals surface area contributed by atoms with Crippen LogP contribution in [0.2, 0.25) is 0 Å². The van der Waals surface area contributed by atoms with E-state index in [1.807, 2.05) is 25.4 Å². The van der Waals surface area contributed by atoms with E-state index >= 15 is 0 Å². The molecule has 1 N–H and O–H groups in total. The number of morpholine rings is 1. The number of aryl methyl sites for hydroxylation is 1. The van der Waals surface area contributed by atoms with Gasteiger partial charge in [-0.1, -0.05) is 24.3 Å². The van der Waals surface area contributed by atoms with E-state index in [0.29, 0.717) is 0 Å². The lowest BCUT2D eigenvalue weighted by atomic mass is 10.1. The first-order valence-electron chi connectivity index (χ1n) is 7.98. The molecule has 118 valence electrons. The number of imidazole rings is 1. The van der Waals surface area contributed by atoms with Crippen molar-refractivity contribution in [2.75, 3.05) is 19.7 Å². The number of ether oxygens (including phenoxy) is 1. The molecule has 5 heteroatoms. The highest BCUT2D eigenvalue weighted by molar-refractivity contribution is 5.81. The van der Waals surface area contributed by atoms with Gasteiger partial charge in [-0.05, 0) is 18.6 Å². The zero-order valence-electron chi connectivity index (χ0n) is 13.2. The van der Waals surface area contributed by atoms with Gasteiger partial charge >= 0.3 is 0 Å². The SMILES string of the molecule is Cc1cnc([C@@H]2CN(Cc3cccc4cccnc34)CCO2)[nH]1. The standard InChI is InChI=1S/C18H20N4O/c1-13-10-20-18(21-13)16-12-22(8-9-23-16)11-15-5-2-4-14-6-3-7-19-17(14)15/h2-7,10,16H,8-9,11-12H2,1H3,(H,20,21)/t16-/m0/s1. The highest BCUT2D eigenvalue weighted by Gasteiger charge is 2.24. The normalized spacial score (nSPS) is 19.3. The van der Waals surface area contributed by atoms with Gasteiger partial charge in [-0.3, -0.25) is 9.88 Å². The fourth-order valence-corrected chi connectivity index (χ4v) is 3.14. The first-order chi connectivity index (χ1) is 11.3. The van der Waals surface area contributed by atoms with E-state index < -0.39 is 0 Å². The summed E-state index contributed by atoms with van der Waals surface area (Å²) in [5.74, 6) is 0.920. The maximum atomic E-state index is 5.88. The van der Waals surface area contributed by atoms with Crippen molar-refractivity contribution in [2.24, 2.45) is 0 Å². The second-order valence-corrected chi connectivity index (χ2v) is 6.04. The number of hydrogen-bond acceptors (Lipinski definition) is 4. The summed E-state index contributed by atoms with van der Waals surface area (Å²) in [5.41, 5.74) is 3.42. The minimum Gasteiger partial charge on any atom is -0.368 e. The molecular formula is C18H20N4O. The number of benzene rings is 1. The molecule has 0 bridgehead atoms. The number of rotatable bonds is 3. The number of pyridine rings is 1. The van der Waals surface area contributed by atoms with Crippen LogP contribution in [-0.4, -0.2) is 39.5 Å².